The maximum Gasteiger partial charge on any atom is 0.337 e. The molecule has 0 aromatic heterocycles. The third kappa shape index (κ3) is 2.82. The van der Waals surface area contributed by atoms with Gasteiger partial charge in [0.25, 0.3) is 0 Å². The van der Waals surface area contributed by atoms with Crippen LogP contribution in [-0.2, 0) is 4.74 Å². The van der Waals surface area contributed by atoms with Gasteiger partial charge in [0, 0.05) is 0 Å². The van der Waals surface area contributed by atoms with Gasteiger partial charge in [0.05, 0.1) is 12.7 Å². The van der Waals surface area contributed by atoms with Crippen molar-refractivity contribution < 1.29 is 9.53 Å². The van der Waals surface area contributed by atoms with Crippen LogP contribution in [0.2, 0.25) is 0 Å². The molecule has 0 radical (unpaired) electrons. The molecular formula is C13H18O2. The molecule has 0 fully saturated rings. The molecule has 0 bridgehead atoms. The van der Waals surface area contributed by atoms with E-state index in [1.807, 2.05) is 24.3 Å². The standard InChI is InChI=1S/C13H18O2/c1-9(2)10(3)11-5-7-12(8-6-11)13(14)15-4/h5-10H,1-4H3/t10-/m1/s1. The molecule has 82 valence electrons. The lowest BCUT2D eigenvalue weighted by atomic mass is 9.90. The normalized spacial score (nSPS) is 12.6. The first-order valence-electron chi connectivity index (χ1n) is 5.24. The van der Waals surface area contributed by atoms with Crippen LogP contribution in [0.25, 0.3) is 0 Å². The molecular weight excluding hydrogens is 188 g/mol. The van der Waals surface area contributed by atoms with Gasteiger partial charge in [-0.25, -0.2) is 4.79 Å². The van der Waals surface area contributed by atoms with Crippen molar-refractivity contribution in [3.05, 3.63) is 35.4 Å². The minimum absolute atomic E-state index is 0.279. The Balaban J connectivity index is 2.85. The second-order valence-electron chi connectivity index (χ2n) is 4.15. The van der Waals surface area contributed by atoms with E-state index in [1.54, 1.807) is 0 Å². The van der Waals surface area contributed by atoms with Gasteiger partial charge in [0.1, 0.15) is 0 Å². The Bertz CT molecular complexity index is 325. The topological polar surface area (TPSA) is 26.3 Å². The minimum atomic E-state index is -0.279. The zero-order valence-corrected chi connectivity index (χ0v) is 9.78. The second kappa shape index (κ2) is 4.96. The van der Waals surface area contributed by atoms with Gasteiger partial charge < -0.3 is 4.74 Å². The highest BCUT2D eigenvalue weighted by Crippen LogP contribution is 2.23. The number of rotatable bonds is 3. The summed E-state index contributed by atoms with van der Waals surface area (Å²) < 4.78 is 4.65. The SMILES string of the molecule is COC(=O)c1ccc([C@H](C)C(C)C)cc1. The largest absolute Gasteiger partial charge is 0.465 e. The number of carbonyl (C=O) groups is 1. The van der Waals surface area contributed by atoms with Crippen molar-refractivity contribution in [3.63, 3.8) is 0 Å². The van der Waals surface area contributed by atoms with Crippen LogP contribution in [0.4, 0.5) is 0 Å². The molecule has 15 heavy (non-hydrogen) atoms. The van der Waals surface area contributed by atoms with Crippen LogP contribution in [0, 0.1) is 5.92 Å². The Morgan fingerprint density at radius 1 is 1.13 bits per heavy atom. The molecule has 0 aliphatic heterocycles. The maximum absolute atomic E-state index is 11.2. The molecule has 0 N–H and O–H groups in total. The fourth-order valence-corrected chi connectivity index (χ4v) is 1.43. The summed E-state index contributed by atoms with van der Waals surface area (Å²) in [5.41, 5.74) is 1.87. The van der Waals surface area contributed by atoms with Crippen LogP contribution in [-0.4, -0.2) is 13.1 Å². The summed E-state index contributed by atoms with van der Waals surface area (Å²) in [5.74, 6) is 0.837. The fraction of sp³-hybridized carbons (Fsp3) is 0.462. The molecule has 0 aliphatic rings. The number of carbonyl (C=O) groups excluding carboxylic acids is 1. The molecule has 2 heteroatoms. The van der Waals surface area contributed by atoms with Crippen molar-refractivity contribution >= 4 is 5.97 Å². The van der Waals surface area contributed by atoms with Crippen molar-refractivity contribution in [2.24, 2.45) is 5.92 Å². The molecule has 1 atom stereocenters. The smallest absolute Gasteiger partial charge is 0.337 e. The van der Waals surface area contributed by atoms with E-state index >= 15 is 0 Å². The first kappa shape index (κ1) is 11.8. The summed E-state index contributed by atoms with van der Waals surface area (Å²) in [6.07, 6.45) is 0. The highest BCUT2D eigenvalue weighted by Gasteiger charge is 2.11. The Hall–Kier alpha value is -1.31. The molecule has 0 spiro atoms. The average molecular weight is 206 g/mol. The number of methoxy groups -OCH3 is 1. The molecule has 1 aromatic rings. The third-order valence-electron chi connectivity index (χ3n) is 2.86. The second-order valence-corrected chi connectivity index (χ2v) is 4.15. The van der Waals surface area contributed by atoms with Crippen LogP contribution < -0.4 is 0 Å². The molecule has 0 heterocycles. The number of ether oxygens (including phenoxy) is 1. The van der Waals surface area contributed by atoms with Gasteiger partial charge in [-0.1, -0.05) is 32.9 Å². The van der Waals surface area contributed by atoms with Crippen LogP contribution in [0.15, 0.2) is 24.3 Å². The number of benzene rings is 1. The lowest BCUT2D eigenvalue weighted by Crippen LogP contribution is -2.04. The van der Waals surface area contributed by atoms with Crippen LogP contribution in [0.3, 0.4) is 0 Å². The van der Waals surface area contributed by atoms with E-state index in [4.69, 9.17) is 0 Å². The average Bonchev–Trinajstić information content (AvgIpc) is 2.27. The van der Waals surface area contributed by atoms with Crippen molar-refractivity contribution in [2.75, 3.05) is 7.11 Å². The predicted octanol–water partition coefficient (Wildman–Crippen LogP) is 3.23. The molecule has 0 saturated carbocycles. The summed E-state index contributed by atoms with van der Waals surface area (Å²) in [7, 11) is 1.40. The summed E-state index contributed by atoms with van der Waals surface area (Å²) in [6, 6.07) is 7.63. The number of hydrogen-bond acceptors (Lipinski definition) is 2. The van der Waals surface area contributed by atoms with Gasteiger partial charge >= 0.3 is 5.97 Å². The van der Waals surface area contributed by atoms with Gasteiger partial charge in [0.2, 0.25) is 0 Å². The number of esters is 1. The zero-order chi connectivity index (χ0) is 11.4. The summed E-state index contributed by atoms with van der Waals surface area (Å²) in [5, 5.41) is 0. The van der Waals surface area contributed by atoms with E-state index in [2.05, 4.69) is 25.5 Å². The van der Waals surface area contributed by atoms with E-state index in [-0.39, 0.29) is 5.97 Å². The molecule has 1 aromatic carbocycles. The van der Waals surface area contributed by atoms with Crippen molar-refractivity contribution in [1.29, 1.82) is 0 Å². The van der Waals surface area contributed by atoms with Crippen LogP contribution in [0.5, 0.6) is 0 Å². The Labute approximate surface area is 91.3 Å². The minimum Gasteiger partial charge on any atom is -0.465 e. The zero-order valence-electron chi connectivity index (χ0n) is 9.78. The van der Waals surface area contributed by atoms with E-state index in [1.165, 1.54) is 12.7 Å². The van der Waals surface area contributed by atoms with E-state index in [0.29, 0.717) is 17.4 Å². The molecule has 0 amide bonds. The van der Waals surface area contributed by atoms with Crippen LogP contribution >= 0.6 is 0 Å². The van der Waals surface area contributed by atoms with Gasteiger partial charge in [-0.15, -0.1) is 0 Å². The highest BCUT2D eigenvalue weighted by atomic mass is 16.5. The first-order chi connectivity index (χ1) is 7.06. The molecule has 0 aliphatic carbocycles. The van der Waals surface area contributed by atoms with E-state index in [9.17, 15) is 4.79 Å². The first-order valence-corrected chi connectivity index (χ1v) is 5.24. The van der Waals surface area contributed by atoms with Crippen molar-refractivity contribution in [1.82, 2.24) is 0 Å². The van der Waals surface area contributed by atoms with E-state index in [0.717, 1.165) is 0 Å². The van der Waals surface area contributed by atoms with Gasteiger partial charge in [-0.05, 0) is 29.5 Å². The monoisotopic (exact) mass is 206 g/mol. The lowest BCUT2D eigenvalue weighted by molar-refractivity contribution is 0.0600. The predicted molar refractivity (Wildman–Crippen MR) is 61.0 cm³/mol. The van der Waals surface area contributed by atoms with Crippen molar-refractivity contribution in [2.45, 2.75) is 26.7 Å². The Kier molecular flexibility index (Phi) is 3.89. The quantitative estimate of drug-likeness (QED) is 0.710. The summed E-state index contributed by atoms with van der Waals surface area (Å²) in [4.78, 5) is 11.2. The fourth-order valence-electron chi connectivity index (χ4n) is 1.43. The number of hydrogen-bond donors (Lipinski definition) is 0. The van der Waals surface area contributed by atoms with Gasteiger partial charge in [-0.2, -0.15) is 0 Å². The maximum atomic E-state index is 11.2. The van der Waals surface area contributed by atoms with Crippen LogP contribution in [0.1, 0.15) is 42.6 Å². The molecule has 1 rings (SSSR count). The van der Waals surface area contributed by atoms with Crippen molar-refractivity contribution in [3.8, 4) is 0 Å². The molecule has 0 saturated heterocycles. The lowest BCUT2D eigenvalue weighted by Gasteiger charge is -2.15. The third-order valence-corrected chi connectivity index (χ3v) is 2.86. The molecule has 0 unspecified atom stereocenters. The van der Waals surface area contributed by atoms with E-state index < -0.39 is 0 Å². The Morgan fingerprint density at radius 2 is 1.67 bits per heavy atom. The summed E-state index contributed by atoms with van der Waals surface area (Å²) >= 11 is 0. The van der Waals surface area contributed by atoms with Gasteiger partial charge in [-0.3, -0.25) is 0 Å². The Morgan fingerprint density at radius 3 is 2.07 bits per heavy atom. The molecule has 2 nitrogen and oxygen atoms in total. The summed E-state index contributed by atoms with van der Waals surface area (Å²) in [6.45, 7) is 6.58. The van der Waals surface area contributed by atoms with Gasteiger partial charge in [0.15, 0.2) is 0 Å². The highest BCUT2D eigenvalue weighted by molar-refractivity contribution is 5.89.